The summed E-state index contributed by atoms with van der Waals surface area (Å²) in [6, 6.07) is 0. The van der Waals surface area contributed by atoms with E-state index in [2.05, 4.69) is 28.7 Å². The van der Waals surface area contributed by atoms with Crippen molar-refractivity contribution in [1.82, 2.24) is 14.8 Å². The Bertz CT molecular complexity index is 307. The molecule has 1 rings (SSSR count). The second-order valence-corrected chi connectivity index (χ2v) is 3.51. The van der Waals surface area contributed by atoms with Gasteiger partial charge in [0, 0.05) is 6.54 Å². The van der Waals surface area contributed by atoms with Crippen molar-refractivity contribution in [1.29, 1.82) is 0 Å². The minimum atomic E-state index is -0.492. The highest BCUT2D eigenvalue weighted by Crippen LogP contribution is 2.01. The van der Waals surface area contributed by atoms with Crippen molar-refractivity contribution in [3.63, 3.8) is 0 Å². The molecule has 0 fully saturated rings. The van der Waals surface area contributed by atoms with Gasteiger partial charge in [-0.25, -0.2) is 9.78 Å². The lowest BCUT2D eigenvalue weighted by Crippen LogP contribution is -2.07. The van der Waals surface area contributed by atoms with E-state index in [9.17, 15) is 4.79 Å². The fraction of sp³-hybridized carbons (Fsp3) is 0.667. The molecular weight excluding hydrogens is 182 g/mol. The zero-order valence-electron chi connectivity index (χ0n) is 8.73. The summed E-state index contributed by atoms with van der Waals surface area (Å²) in [5.74, 6) is 0.241. The molecule has 1 aromatic rings. The first-order chi connectivity index (χ1) is 6.63. The Hall–Kier alpha value is -1.39. The summed E-state index contributed by atoms with van der Waals surface area (Å²) in [6.45, 7) is 5.05. The molecule has 0 aliphatic carbocycles. The van der Waals surface area contributed by atoms with E-state index >= 15 is 0 Å². The van der Waals surface area contributed by atoms with Crippen molar-refractivity contribution < 1.29 is 9.53 Å². The first kappa shape index (κ1) is 10.7. The molecule has 5 heteroatoms. The van der Waals surface area contributed by atoms with Crippen molar-refractivity contribution in [3.05, 3.63) is 12.2 Å². The van der Waals surface area contributed by atoms with Gasteiger partial charge in [0.15, 0.2) is 0 Å². The number of methoxy groups -OCH3 is 1. The molecule has 0 aliphatic rings. The van der Waals surface area contributed by atoms with Crippen LogP contribution in [0.5, 0.6) is 0 Å². The van der Waals surface area contributed by atoms with Crippen LogP contribution in [0.1, 0.15) is 30.9 Å². The van der Waals surface area contributed by atoms with E-state index in [0.29, 0.717) is 5.92 Å². The van der Waals surface area contributed by atoms with Crippen LogP contribution in [0.15, 0.2) is 6.33 Å². The predicted octanol–water partition coefficient (Wildman–Crippen LogP) is 1.11. The number of aromatic nitrogens is 3. The second-order valence-electron chi connectivity index (χ2n) is 3.51. The Labute approximate surface area is 83.1 Å². The van der Waals surface area contributed by atoms with Crippen molar-refractivity contribution >= 4 is 5.97 Å². The lowest BCUT2D eigenvalue weighted by Gasteiger charge is -2.02. The molecule has 0 aliphatic heterocycles. The van der Waals surface area contributed by atoms with E-state index in [1.807, 2.05) is 0 Å². The monoisotopic (exact) mass is 197 g/mol. The summed E-state index contributed by atoms with van der Waals surface area (Å²) in [5.41, 5.74) is 0. The lowest BCUT2D eigenvalue weighted by molar-refractivity contribution is 0.0586. The van der Waals surface area contributed by atoms with Crippen molar-refractivity contribution in [2.75, 3.05) is 7.11 Å². The number of carbonyl (C=O) groups is 1. The summed E-state index contributed by atoms with van der Waals surface area (Å²) in [6.07, 6.45) is 2.57. The van der Waals surface area contributed by atoms with E-state index < -0.39 is 5.97 Å². The molecule has 0 saturated carbocycles. The molecule has 14 heavy (non-hydrogen) atoms. The van der Waals surface area contributed by atoms with Crippen molar-refractivity contribution in [2.24, 2.45) is 5.92 Å². The van der Waals surface area contributed by atoms with Gasteiger partial charge in [-0.3, -0.25) is 4.68 Å². The van der Waals surface area contributed by atoms with Crippen LogP contribution in [-0.4, -0.2) is 27.8 Å². The van der Waals surface area contributed by atoms with Crippen LogP contribution in [0.4, 0.5) is 0 Å². The Kier molecular flexibility index (Phi) is 3.62. The van der Waals surface area contributed by atoms with Gasteiger partial charge in [0.1, 0.15) is 6.33 Å². The van der Waals surface area contributed by atoms with E-state index in [1.54, 1.807) is 11.0 Å². The standard InChI is InChI=1S/C9H15N3O2/c1-7(2)4-5-12-6-10-8(11-12)9(13)14-3/h6-7H,4-5H2,1-3H3. The molecule has 0 radical (unpaired) electrons. The Morgan fingerprint density at radius 3 is 2.93 bits per heavy atom. The normalized spacial score (nSPS) is 10.6. The zero-order valence-corrected chi connectivity index (χ0v) is 8.73. The Balaban J connectivity index is 2.55. The third-order valence-corrected chi connectivity index (χ3v) is 1.84. The number of rotatable bonds is 4. The lowest BCUT2D eigenvalue weighted by atomic mass is 10.1. The van der Waals surface area contributed by atoms with Crippen molar-refractivity contribution in [3.8, 4) is 0 Å². The molecule has 0 unspecified atom stereocenters. The zero-order chi connectivity index (χ0) is 10.6. The highest BCUT2D eigenvalue weighted by Gasteiger charge is 2.10. The van der Waals surface area contributed by atoms with Gasteiger partial charge in [0.05, 0.1) is 7.11 Å². The van der Waals surface area contributed by atoms with Crippen molar-refractivity contribution in [2.45, 2.75) is 26.8 Å². The first-order valence-electron chi connectivity index (χ1n) is 4.61. The van der Waals surface area contributed by atoms with E-state index in [1.165, 1.54) is 7.11 Å². The molecule has 0 saturated heterocycles. The third-order valence-electron chi connectivity index (χ3n) is 1.84. The van der Waals surface area contributed by atoms with E-state index in [-0.39, 0.29) is 5.82 Å². The molecule has 0 amide bonds. The maximum absolute atomic E-state index is 11.0. The molecule has 1 aromatic heterocycles. The Morgan fingerprint density at radius 1 is 1.64 bits per heavy atom. The van der Waals surface area contributed by atoms with Crippen LogP contribution in [0.3, 0.4) is 0 Å². The topological polar surface area (TPSA) is 57.0 Å². The number of nitrogens with zero attached hydrogens (tertiary/aromatic N) is 3. The van der Waals surface area contributed by atoms with Gasteiger partial charge in [-0.1, -0.05) is 13.8 Å². The van der Waals surface area contributed by atoms with Crippen LogP contribution in [0, 0.1) is 5.92 Å². The molecule has 0 atom stereocenters. The Morgan fingerprint density at radius 2 is 2.36 bits per heavy atom. The number of esters is 1. The number of hydrogen-bond acceptors (Lipinski definition) is 4. The minimum absolute atomic E-state index is 0.122. The van der Waals surface area contributed by atoms with Crippen LogP contribution in [0.2, 0.25) is 0 Å². The average Bonchev–Trinajstić information content (AvgIpc) is 2.62. The van der Waals surface area contributed by atoms with Gasteiger partial charge in [-0.05, 0) is 12.3 Å². The summed E-state index contributed by atoms with van der Waals surface area (Å²) in [5, 5.41) is 3.98. The van der Waals surface area contributed by atoms with Crippen LogP contribution in [-0.2, 0) is 11.3 Å². The van der Waals surface area contributed by atoms with Gasteiger partial charge in [0.2, 0.25) is 0 Å². The SMILES string of the molecule is COC(=O)c1ncn(CCC(C)C)n1. The van der Waals surface area contributed by atoms with Gasteiger partial charge in [0.25, 0.3) is 5.82 Å². The van der Waals surface area contributed by atoms with E-state index in [0.717, 1.165) is 13.0 Å². The highest BCUT2D eigenvalue weighted by molar-refractivity contribution is 5.84. The van der Waals surface area contributed by atoms with Gasteiger partial charge >= 0.3 is 5.97 Å². The minimum Gasteiger partial charge on any atom is -0.463 e. The molecule has 78 valence electrons. The maximum atomic E-state index is 11.0. The van der Waals surface area contributed by atoms with Crippen LogP contribution < -0.4 is 0 Å². The maximum Gasteiger partial charge on any atom is 0.377 e. The number of aryl methyl sites for hydroxylation is 1. The number of carbonyl (C=O) groups excluding carboxylic acids is 1. The summed E-state index contributed by atoms with van der Waals surface area (Å²) < 4.78 is 6.16. The van der Waals surface area contributed by atoms with E-state index in [4.69, 9.17) is 0 Å². The molecular formula is C9H15N3O2. The summed E-state index contributed by atoms with van der Waals surface area (Å²) in [7, 11) is 1.32. The molecule has 5 nitrogen and oxygen atoms in total. The summed E-state index contributed by atoms with van der Waals surface area (Å²) in [4.78, 5) is 14.8. The van der Waals surface area contributed by atoms with Gasteiger partial charge in [-0.15, -0.1) is 5.10 Å². The van der Waals surface area contributed by atoms with Gasteiger partial charge in [-0.2, -0.15) is 0 Å². The molecule has 0 aromatic carbocycles. The number of ether oxygens (including phenoxy) is 1. The average molecular weight is 197 g/mol. The fourth-order valence-corrected chi connectivity index (χ4v) is 0.978. The second kappa shape index (κ2) is 4.74. The first-order valence-corrected chi connectivity index (χ1v) is 4.61. The molecule has 0 N–H and O–H groups in total. The highest BCUT2D eigenvalue weighted by atomic mass is 16.5. The van der Waals surface area contributed by atoms with Gasteiger partial charge < -0.3 is 4.74 Å². The summed E-state index contributed by atoms with van der Waals surface area (Å²) >= 11 is 0. The van der Waals surface area contributed by atoms with Crippen LogP contribution in [0.25, 0.3) is 0 Å². The largest absolute Gasteiger partial charge is 0.463 e. The predicted molar refractivity (Wildman–Crippen MR) is 50.8 cm³/mol. The smallest absolute Gasteiger partial charge is 0.377 e. The molecule has 0 bridgehead atoms. The fourth-order valence-electron chi connectivity index (χ4n) is 0.978. The molecule has 1 heterocycles. The molecule has 0 spiro atoms. The third kappa shape index (κ3) is 2.83. The number of hydrogen-bond donors (Lipinski definition) is 0. The quantitative estimate of drug-likeness (QED) is 0.678. The van der Waals surface area contributed by atoms with Crippen LogP contribution >= 0.6 is 0 Å².